The van der Waals surface area contributed by atoms with Crippen LogP contribution in [-0.2, 0) is 10.0 Å². The molecule has 9 heteroatoms. The Morgan fingerprint density at radius 1 is 1.29 bits per heavy atom. The summed E-state index contributed by atoms with van der Waals surface area (Å²) in [6.45, 7) is 6.79. The van der Waals surface area contributed by atoms with E-state index in [1.807, 2.05) is 13.8 Å². The molecule has 134 valence electrons. The van der Waals surface area contributed by atoms with Gasteiger partial charge in [0.2, 0.25) is 0 Å². The van der Waals surface area contributed by atoms with Crippen LogP contribution in [0.5, 0.6) is 0 Å². The van der Waals surface area contributed by atoms with Gasteiger partial charge in [0, 0.05) is 24.7 Å². The van der Waals surface area contributed by atoms with Gasteiger partial charge in [0.25, 0.3) is 21.8 Å². The summed E-state index contributed by atoms with van der Waals surface area (Å²) < 4.78 is 25.4. The number of benzene rings is 1. The molecule has 0 radical (unpaired) electrons. The first-order valence-electron chi connectivity index (χ1n) is 7.55. The Morgan fingerprint density at radius 3 is 2.54 bits per heavy atom. The van der Waals surface area contributed by atoms with E-state index < -0.39 is 15.9 Å². The highest BCUT2D eigenvalue weighted by atomic mass is 35.5. The van der Waals surface area contributed by atoms with Crippen LogP contribution in [0.15, 0.2) is 23.1 Å². The predicted molar refractivity (Wildman–Crippen MR) is 93.1 cm³/mol. The third-order valence-electron chi connectivity index (χ3n) is 3.68. The molecule has 1 atom stereocenters. The maximum atomic E-state index is 12.3. The number of nitrogens with zero attached hydrogens (tertiary/aromatic N) is 1. The lowest BCUT2D eigenvalue weighted by atomic mass is 10.1. The molecule has 0 saturated heterocycles. The van der Waals surface area contributed by atoms with Crippen molar-refractivity contribution in [1.29, 1.82) is 0 Å². The van der Waals surface area contributed by atoms with E-state index in [2.05, 4.69) is 10.6 Å². The molecule has 0 bridgehead atoms. The van der Waals surface area contributed by atoms with Crippen LogP contribution in [0.2, 0.25) is 0 Å². The third kappa shape index (κ3) is 3.71. The standard InChI is InChI=1S/C15H21N3O4S.ClH/c1-4-16-10(3)9-17-14(19)11-6-7-12-13(8-11)23(21,22)18(5-2)15(12)20;/h6-8,10,16H,4-5,9H2,1-3H3,(H,17,19);1H/t10-;/m1./s1. The number of likely N-dealkylation sites (N-methyl/N-ethyl adjacent to an activating group) is 1. The van der Waals surface area contributed by atoms with E-state index in [-0.39, 0.29) is 46.9 Å². The molecule has 0 fully saturated rings. The minimum absolute atomic E-state index is 0. The number of amides is 2. The van der Waals surface area contributed by atoms with Gasteiger partial charge in [0.15, 0.2) is 0 Å². The van der Waals surface area contributed by atoms with Crippen LogP contribution < -0.4 is 10.6 Å². The number of halogens is 1. The van der Waals surface area contributed by atoms with Crippen molar-refractivity contribution in [2.45, 2.75) is 31.7 Å². The molecule has 0 saturated carbocycles. The fraction of sp³-hybridized carbons (Fsp3) is 0.467. The zero-order chi connectivity index (χ0) is 17.2. The SMILES string of the molecule is CCN[C@H](C)CNC(=O)c1ccc2c(c1)S(=O)(=O)N(CC)C2=O.Cl. The second-order valence-electron chi connectivity index (χ2n) is 5.35. The summed E-state index contributed by atoms with van der Waals surface area (Å²) in [4.78, 5) is 24.1. The predicted octanol–water partition coefficient (Wildman–Crippen LogP) is 1.00. The van der Waals surface area contributed by atoms with Gasteiger partial charge in [-0.05, 0) is 38.6 Å². The van der Waals surface area contributed by atoms with Gasteiger partial charge < -0.3 is 10.6 Å². The summed E-state index contributed by atoms with van der Waals surface area (Å²) >= 11 is 0. The van der Waals surface area contributed by atoms with E-state index in [9.17, 15) is 18.0 Å². The number of rotatable bonds is 6. The summed E-state index contributed by atoms with van der Waals surface area (Å²) in [5.41, 5.74) is 0.339. The van der Waals surface area contributed by atoms with Gasteiger partial charge in [-0.25, -0.2) is 12.7 Å². The van der Waals surface area contributed by atoms with Crippen LogP contribution in [0, 0.1) is 0 Å². The van der Waals surface area contributed by atoms with Crippen molar-refractivity contribution in [3.8, 4) is 0 Å². The molecule has 2 rings (SSSR count). The molecule has 7 nitrogen and oxygen atoms in total. The minimum Gasteiger partial charge on any atom is -0.350 e. The lowest BCUT2D eigenvalue weighted by Crippen LogP contribution is -2.38. The molecule has 24 heavy (non-hydrogen) atoms. The van der Waals surface area contributed by atoms with Gasteiger partial charge in [-0.2, -0.15) is 0 Å². The van der Waals surface area contributed by atoms with Crippen molar-refractivity contribution in [3.05, 3.63) is 29.3 Å². The Kier molecular flexibility index (Phi) is 6.76. The molecule has 2 N–H and O–H groups in total. The van der Waals surface area contributed by atoms with Crippen molar-refractivity contribution >= 4 is 34.2 Å². The lowest BCUT2D eigenvalue weighted by molar-refractivity contribution is 0.0874. The minimum atomic E-state index is -3.85. The van der Waals surface area contributed by atoms with Crippen molar-refractivity contribution in [1.82, 2.24) is 14.9 Å². The van der Waals surface area contributed by atoms with Crippen molar-refractivity contribution in [3.63, 3.8) is 0 Å². The summed E-state index contributed by atoms with van der Waals surface area (Å²) in [7, 11) is -3.85. The van der Waals surface area contributed by atoms with E-state index in [0.29, 0.717) is 6.54 Å². The summed E-state index contributed by atoms with van der Waals surface area (Å²) in [5.74, 6) is -0.912. The summed E-state index contributed by atoms with van der Waals surface area (Å²) in [6, 6.07) is 4.25. The Bertz CT molecular complexity index is 736. The van der Waals surface area contributed by atoms with Crippen LogP contribution in [0.25, 0.3) is 0 Å². The topological polar surface area (TPSA) is 95.6 Å². The highest BCUT2D eigenvalue weighted by Gasteiger charge is 2.40. The second-order valence-corrected chi connectivity index (χ2v) is 7.19. The molecule has 1 aliphatic heterocycles. The lowest BCUT2D eigenvalue weighted by Gasteiger charge is -2.13. The van der Waals surface area contributed by atoms with Gasteiger partial charge in [-0.1, -0.05) is 6.92 Å². The van der Waals surface area contributed by atoms with E-state index >= 15 is 0 Å². The molecule has 0 unspecified atom stereocenters. The first-order valence-corrected chi connectivity index (χ1v) is 8.99. The molecular weight excluding hydrogens is 354 g/mol. The molecule has 0 aromatic heterocycles. The fourth-order valence-electron chi connectivity index (χ4n) is 2.50. The molecular formula is C15H22ClN3O4S. The maximum absolute atomic E-state index is 12.3. The zero-order valence-corrected chi connectivity index (χ0v) is 15.5. The fourth-order valence-corrected chi connectivity index (χ4v) is 4.10. The Hall–Kier alpha value is -1.64. The average molecular weight is 376 g/mol. The van der Waals surface area contributed by atoms with E-state index in [0.717, 1.165) is 10.8 Å². The summed E-state index contributed by atoms with van der Waals surface area (Å²) in [5, 5.41) is 5.91. The Labute approximate surface area is 148 Å². The number of fused-ring (bicyclic) bond motifs is 1. The smallest absolute Gasteiger partial charge is 0.268 e. The summed E-state index contributed by atoms with van der Waals surface area (Å²) in [6.07, 6.45) is 0. The van der Waals surface area contributed by atoms with Crippen LogP contribution in [0.3, 0.4) is 0 Å². The van der Waals surface area contributed by atoms with Crippen molar-refractivity contribution in [2.75, 3.05) is 19.6 Å². The van der Waals surface area contributed by atoms with E-state index in [1.54, 1.807) is 6.92 Å². The molecule has 1 aliphatic rings. The Morgan fingerprint density at radius 2 is 1.96 bits per heavy atom. The van der Waals surface area contributed by atoms with Crippen molar-refractivity contribution < 1.29 is 18.0 Å². The molecule has 2 amide bonds. The number of hydrogen-bond acceptors (Lipinski definition) is 5. The van der Waals surface area contributed by atoms with Crippen LogP contribution in [0.1, 0.15) is 41.5 Å². The first kappa shape index (κ1) is 20.4. The average Bonchev–Trinajstić information content (AvgIpc) is 2.71. The maximum Gasteiger partial charge on any atom is 0.268 e. The number of carbonyl (C=O) groups excluding carboxylic acids is 2. The number of carbonyl (C=O) groups is 2. The highest BCUT2D eigenvalue weighted by Crippen LogP contribution is 2.30. The van der Waals surface area contributed by atoms with E-state index in [4.69, 9.17) is 0 Å². The number of sulfonamides is 1. The monoisotopic (exact) mass is 375 g/mol. The second kappa shape index (κ2) is 7.96. The molecule has 0 spiro atoms. The van der Waals surface area contributed by atoms with Gasteiger partial charge in [0.05, 0.1) is 5.56 Å². The molecule has 0 aliphatic carbocycles. The largest absolute Gasteiger partial charge is 0.350 e. The molecule has 1 heterocycles. The molecule has 1 aromatic carbocycles. The Balaban J connectivity index is 0.00000288. The van der Waals surface area contributed by atoms with Crippen LogP contribution in [-0.4, -0.2) is 50.2 Å². The van der Waals surface area contributed by atoms with Crippen LogP contribution in [0.4, 0.5) is 0 Å². The first-order chi connectivity index (χ1) is 10.8. The quantitative estimate of drug-likeness (QED) is 0.773. The van der Waals surface area contributed by atoms with Gasteiger partial charge in [-0.3, -0.25) is 9.59 Å². The van der Waals surface area contributed by atoms with E-state index in [1.165, 1.54) is 18.2 Å². The molecule has 1 aromatic rings. The van der Waals surface area contributed by atoms with Crippen molar-refractivity contribution in [2.24, 2.45) is 0 Å². The van der Waals surface area contributed by atoms with Gasteiger partial charge >= 0.3 is 0 Å². The number of hydrogen-bond donors (Lipinski definition) is 2. The van der Waals surface area contributed by atoms with Gasteiger partial charge in [-0.15, -0.1) is 12.4 Å². The van der Waals surface area contributed by atoms with Gasteiger partial charge in [0.1, 0.15) is 4.90 Å². The zero-order valence-electron chi connectivity index (χ0n) is 13.8. The van der Waals surface area contributed by atoms with Crippen LogP contribution >= 0.6 is 12.4 Å². The highest BCUT2D eigenvalue weighted by molar-refractivity contribution is 7.90. The number of nitrogens with one attached hydrogen (secondary N) is 2. The normalized spacial score (nSPS) is 16.3. The third-order valence-corrected chi connectivity index (χ3v) is 5.58.